The highest BCUT2D eigenvalue weighted by molar-refractivity contribution is 9.50. The van der Waals surface area contributed by atoms with E-state index in [0.29, 0.717) is 6.42 Å². The summed E-state index contributed by atoms with van der Waals surface area (Å²) in [6.45, 7) is 1.82. The molecule has 9 heavy (non-hydrogen) atoms. The van der Waals surface area contributed by atoms with Crippen LogP contribution in [0.25, 0.3) is 0 Å². The summed E-state index contributed by atoms with van der Waals surface area (Å²) >= 11 is 2.88. The first-order chi connectivity index (χ1) is 4.12. The molecular formula is C3H8BrNO2S2. The van der Waals surface area contributed by atoms with Crippen molar-refractivity contribution in [1.82, 2.24) is 4.13 Å². The highest BCUT2D eigenvalue weighted by Crippen LogP contribution is 2.06. The summed E-state index contributed by atoms with van der Waals surface area (Å²) in [4.78, 5) is 0. The van der Waals surface area contributed by atoms with Crippen molar-refractivity contribution in [3.8, 4) is 0 Å². The molecule has 0 unspecified atom stereocenters. The van der Waals surface area contributed by atoms with E-state index in [9.17, 15) is 8.42 Å². The fourth-order valence-electron chi connectivity index (χ4n) is 0.358. The number of hydrogen-bond acceptors (Lipinski definition) is 3. The molecule has 0 aromatic rings. The van der Waals surface area contributed by atoms with E-state index in [2.05, 4.69) is 18.9 Å². The maximum absolute atomic E-state index is 10.7. The molecule has 0 aliphatic rings. The van der Waals surface area contributed by atoms with Crippen LogP contribution in [0.1, 0.15) is 13.3 Å². The van der Waals surface area contributed by atoms with Gasteiger partial charge in [-0.1, -0.05) is 6.92 Å². The van der Waals surface area contributed by atoms with Gasteiger partial charge in [0.1, 0.15) is 0 Å². The maximum atomic E-state index is 10.7. The minimum atomic E-state index is -3.02. The van der Waals surface area contributed by atoms with Crippen LogP contribution in [-0.4, -0.2) is 14.2 Å². The summed E-state index contributed by atoms with van der Waals surface area (Å²) in [7, 11) is -2.09. The van der Waals surface area contributed by atoms with Gasteiger partial charge in [-0.05, 0) is 6.42 Å². The Morgan fingerprint density at radius 1 is 1.67 bits per heavy atom. The summed E-state index contributed by atoms with van der Waals surface area (Å²) in [5.74, 6) is 0.186. The molecule has 56 valence electrons. The molecule has 0 fully saturated rings. The lowest BCUT2D eigenvalue weighted by Gasteiger charge is -1.97. The molecule has 0 amide bonds. The highest BCUT2D eigenvalue weighted by atomic mass is 79.9. The SMILES string of the molecule is CCCS(=O)(=O)NSBr. The largest absolute Gasteiger partial charge is 0.221 e. The van der Waals surface area contributed by atoms with E-state index in [1.165, 1.54) is 0 Å². The molecule has 0 rings (SSSR count). The van der Waals surface area contributed by atoms with E-state index >= 15 is 0 Å². The second-order valence-corrected chi connectivity index (χ2v) is 4.91. The fourth-order valence-corrected chi connectivity index (χ4v) is 3.43. The Labute approximate surface area is 67.0 Å². The lowest BCUT2D eigenvalue weighted by molar-refractivity contribution is 0.593. The highest BCUT2D eigenvalue weighted by Gasteiger charge is 2.05. The van der Waals surface area contributed by atoms with Crippen molar-refractivity contribution in [3.05, 3.63) is 0 Å². The topological polar surface area (TPSA) is 46.2 Å². The van der Waals surface area contributed by atoms with Gasteiger partial charge in [-0.25, -0.2) is 8.42 Å². The van der Waals surface area contributed by atoms with E-state index in [0.717, 1.165) is 10.4 Å². The molecule has 0 heterocycles. The molecule has 0 saturated heterocycles. The second kappa shape index (κ2) is 4.54. The van der Waals surface area contributed by atoms with Crippen LogP contribution in [-0.2, 0) is 10.0 Å². The standard InChI is InChI=1S/C3H8BrNO2S2/c1-2-3-9(6,7)5-8-4/h5H,2-3H2,1H3. The molecule has 0 atom stereocenters. The normalized spacial score (nSPS) is 11.8. The zero-order valence-electron chi connectivity index (χ0n) is 4.93. The average molecular weight is 234 g/mol. The summed E-state index contributed by atoms with van der Waals surface area (Å²) in [6, 6.07) is 0. The molecule has 3 nitrogen and oxygen atoms in total. The van der Waals surface area contributed by atoms with Crippen LogP contribution in [0, 0.1) is 0 Å². The van der Waals surface area contributed by atoms with Crippen molar-refractivity contribution < 1.29 is 8.42 Å². The molecule has 1 N–H and O–H groups in total. The Kier molecular flexibility index (Phi) is 4.91. The minimum absolute atomic E-state index is 0.186. The van der Waals surface area contributed by atoms with Crippen molar-refractivity contribution in [2.45, 2.75) is 13.3 Å². The lowest BCUT2D eigenvalue weighted by atomic mass is 10.6. The molecule has 0 saturated carbocycles. The van der Waals surface area contributed by atoms with Gasteiger partial charge in [-0.2, -0.15) is 0 Å². The first kappa shape index (κ1) is 9.74. The zero-order chi connectivity index (χ0) is 7.33. The van der Waals surface area contributed by atoms with Gasteiger partial charge in [0.25, 0.3) is 0 Å². The maximum Gasteiger partial charge on any atom is 0.221 e. The zero-order valence-corrected chi connectivity index (χ0v) is 8.14. The molecule has 6 heteroatoms. The Morgan fingerprint density at radius 2 is 2.22 bits per heavy atom. The van der Waals surface area contributed by atoms with Gasteiger partial charge in [0.05, 0.1) is 5.75 Å². The van der Waals surface area contributed by atoms with Gasteiger partial charge in [0.2, 0.25) is 10.0 Å². The first-order valence-corrected chi connectivity index (χ1v) is 6.70. The minimum Gasteiger partial charge on any atom is -0.212 e. The second-order valence-electron chi connectivity index (χ2n) is 1.48. The summed E-state index contributed by atoms with van der Waals surface area (Å²) in [6.07, 6.45) is 0.642. The fraction of sp³-hybridized carbons (Fsp3) is 1.00. The molecular weight excluding hydrogens is 226 g/mol. The Balaban J connectivity index is 3.73. The monoisotopic (exact) mass is 233 g/mol. The molecule has 0 spiro atoms. The van der Waals surface area contributed by atoms with Gasteiger partial charge in [-0.15, -0.1) is 4.13 Å². The van der Waals surface area contributed by atoms with Crippen LogP contribution in [0.4, 0.5) is 0 Å². The predicted molar refractivity (Wildman–Crippen MR) is 43.7 cm³/mol. The van der Waals surface area contributed by atoms with Gasteiger partial charge in [0.15, 0.2) is 0 Å². The van der Waals surface area contributed by atoms with Gasteiger partial charge < -0.3 is 0 Å². The van der Waals surface area contributed by atoms with Crippen molar-refractivity contribution in [1.29, 1.82) is 0 Å². The van der Waals surface area contributed by atoms with Crippen LogP contribution >= 0.6 is 25.2 Å². The number of sulfonamides is 1. The molecule has 0 aromatic carbocycles. The predicted octanol–water partition coefficient (Wildman–Crippen LogP) is 1.27. The van der Waals surface area contributed by atoms with Gasteiger partial charge in [0, 0.05) is 25.2 Å². The molecule has 0 aromatic heterocycles. The van der Waals surface area contributed by atoms with Crippen molar-refractivity contribution in [2.75, 3.05) is 5.75 Å². The third-order valence-electron chi connectivity index (χ3n) is 0.631. The average Bonchev–Trinajstić information content (AvgIpc) is 1.64. The Hall–Kier alpha value is 0.740. The number of rotatable bonds is 4. The number of halogens is 1. The van der Waals surface area contributed by atoms with E-state index in [1.807, 2.05) is 6.92 Å². The molecule has 0 radical (unpaired) electrons. The third-order valence-corrected chi connectivity index (χ3v) is 4.03. The van der Waals surface area contributed by atoms with Crippen molar-refractivity contribution in [2.24, 2.45) is 0 Å². The molecule has 0 bridgehead atoms. The Morgan fingerprint density at radius 3 is 2.56 bits per heavy atom. The Bertz CT molecular complexity index is 143. The van der Waals surface area contributed by atoms with Crippen molar-refractivity contribution in [3.63, 3.8) is 0 Å². The number of nitrogens with one attached hydrogen (secondary N) is 1. The summed E-state index contributed by atoms with van der Waals surface area (Å²) in [5.41, 5.74) is 0. The molecule has 0 aliphatic heterocycles. The van der Waals surface area contributed by atoms with Crippen LogP contribution < -0.4 is 4.13 Å². The summed E-state index contributed by atoms with van der Waals surface area (Å²) < 4.78 is 23.6. The van der Waals surface area contributed by atoms with E-state index < -0.39 is 10.0 Å². The van der Waals surface area contributed by atoms with Crippen LogP contribution in [0.2, 0.25) is 0 Å². The van der Waals surface area contributed by atoms with Gasteiger partial charge >= 0.3 is 0 Å². The van der Waals surface area contributed by atoms with Crippen molar-refractivity contribution >= 4 is 35.2 Å². The summed E-state index contributed by atoms with van der Waals surface area (Å²) in [5, 5.41) is 0. The third kappa shape index (κ3) is 5.20. The van der Waals surface area contributed by atoms with E-state index in [4.69, 9.17) is 0 Å². The lowest BCUT2D eigenvalue weighted by Crippen LogP contribution is -2.17. The molecule has 0 aliphatic carbocycles. The van der Waals surface area contributed by atoms with Crippen LogP contribution in [0.3, 0.4) is 0 Å². The first-order valence-electron chi connectivity index (χ1n) is 2.39. The smallest absolute Gasteiger partial charge is 0.212 e. The van der Waals surface area contributed by atoms with E-state index in [1.54, 1.807) is 0 Å². The van der Waals surface area contributed by atoms with E-state index in [-0.39, 0.29) is 5.75 Å². The van der Waals surface area contributed by atoms with Crippen LogP contribution in [0.15, 0.2) is 0 Å². The quantitative estimate of drug-likeness (QED) is 0.745. The van der Waals surface area contributed by atoms with Crippen LogP contribution in [0.5, 0.6) is 0 Å². The number of hydrogen-bond donors (Lipinski definition) is 1. The van der Waals surface area contributed by atoms with Gasteiger partial charge in [-0.3, -0.25) is 0 Å².